The molecule has 2 heteroatoms. The van der Waals surface area contributed by atoms with Crippen molar-refractivity contribution in [3.8, 4) is 0 Å². The fourth-order valence-electron chi connectivity index (χ4n) is 0.813. The van der Waals surface area contributed by atoms with E-state index in [1.54, 1.807) is 6.08 Å². The van der Waals surface area contributed by atoms with Gasteiger partial charge < -0.3 is 10.0 Å². The van der Waals surface area contributed by atoms with Crippen molar-refractivity contribution in [3.05, 3.63) is 24.9 Å². The number of rotatable bonds is 3. The SMILES string of the molecule is C=CC(CO)N1CC1=C. The van der Waals surface area contributed by atoms with Gasteiger partial charge in [-0.15, -0.1) is 6.58 Å². The molecule has 0 bridgehead atoms. The van der Waals surface area contributed by atoms with Gasteiger partial charge in [-0.25, -0.2) is 0 Å². The van der Waals surface area contributed by atoms with E-state index in [4.69, 9.17) is 5.11 Å². The Balaban J connectivity index is 2.39. The van der Waals surface area contributed by atoms with Gasteiger partial charge >= 0.3 is 0 Å². The standard InChI is InChI=1S/C7H11NO/c1-3-7(5-9)8-4-6(8)2/h3,7,9H,1-2,4-5H2. The van der Waals surface area contributed by atoms with Gasteiger partial charge in [-0.05, 0) is 0 Å². The van der Waals surface area contributed by atoms with Gasteiger partial charge in [0, 0.05) is 5.70 Å². The molecular weight excluding hydrogens is 114 g/mol. The van der Waals surface area contributed by atoms with Gasteiger partial charge in [-0.1, -0.05) is 12.7 Å². The summed E-state index contributed by atoms with van der Waals surface area (Å²) in [6.07, 6.45) is 1.73. The highest BCUT2D eigenvalue weighted by molar-refractivity contribution is 5.17. The van der Waals surface area contributed by atoms with Crippen LogP contribution in [0, 0.1) is 0 Å². The zero-order chi connectivity index (χ0) is 6.85. The summed E-state index contributed by atoms with van der Waals surface area (Å²) >= 11 is 0. The molecule has 0 aliphatic carbocycles. The first-order valence-electron chi connectivity index (χ1n) is 2.97. The normalized spacial score (nSPS) is 19.7. The quantitative estimate of drug-likeness (QED) is 0.435. The number of hydrogen-bond acceptors (Lipinski definition) is 2. The third-order valence-electron chi connectivity index (χ3n) is 1.52. The Labute approximate surface area is 55.1 Å². The second-order valence-corrected chi connectivity index (χ2v) is 2.18. The molecule has 1 unspecified atom stereocenters. The molecule has 0 aromatic heterocycles. The van der Waals surface area contributed by atoms with Gasteiger partial charge in [-0.2, -0.15) is 0 Å². The van der Waals surface area contributed by atoms with Crippen LogP contribution in [0.15, 0.2) is 24.9 Å². The van der Waals surface area contributed by atoms with Gasteiger partial charge in [0.2, 0.25) is 0 Å². The highest BCUT2D eigenvalue weighted by Crippen LogP contribution is 2.23. The second kappa shape index (κ2) is 2.23. The topological polar surface area (TPSA) is 23.2 Å². The summed E-state index contributed by atoms with van der Waals surface area (Å²) in [6, 6.07) is 0.0949. The smallest absolute Gasteiger partial charge is 0.0703 e. The lowest BCUT2D eigenvalue weighted by Crippen LogP contribution is -2.19. The number of nitrogens with zero attached hydrogens (tertiary/aromatic N) is 1. The number of hydrogen-bond donors (Lipinski definition) is 1. The molecule has 0 spiro atoms. The van der Waals surface area contributed by atoms with Crippen molar-refractivity contribution in [1.29, 1.82) is 0 Å². The molecular formula is C7H11NO. The van der Waals surface area contributed by atoms with Crippen LogP contribution in [0.5, 0.6) is 0 Å². The van der Waals surface area contributed by atoms with Crippen LogP contribution >= 0.6 is 0 Å². The summed E-state index contributed by atoms with van der Waals surface area (Å²) in [7, 11) is 0. The zero-order valence-corrected chi connectivity index (χ0v) is 5.38. The summed E-state index contributed by atoms with van der Waals surface area (Å²) in [6.45, 7) is 8.37. The third kappa shape index (κ3) is 1.13. The van der Waals surface area contributed by atoms with Crippen LogP contribution in [-0.4, -0.2) is 29.2 Å². The van der Waals surface area contributed by atoms with E-state index in [-0.39, 0.29) is 12.6 Å². The van der Waals surface area contributed by atoms with Crippen molar-refractivity contribution in [2.75, 3.05) is 13.2 Å². The molecule has 1 saturated heterocycles. The average molecular weight is 125 g/mol. The lowest BCUT2D eigenvalue weighted by atomic mass is 10.3. The first-order chi connectivity index (χ1) is 4.29. The first kappa shape index (κ1) is 6.36. The Morgan fingerprint density at radius 3 is 2.56 bits per heavy atom. The Hall–Kier alpha value is -0.760. The number of aliphatic hydroxyl groups is 1. The molecule has 50 valence electrons. The monoisotopic (exact) mass is 125 g/mol. The minimum Gasteiger partial charge on any atom is -0.394 e. The fourth-order valence-corrected chi connectivity index (χ4v) is 0.813. The molecule has 0 radical (unpaired) electrons. The van der Waals surface area contributed by atoms with E-state index in [1.807, 2.05) is 4.90 Å². The first-order valence-corrected chi connectivity index (χ1v) is 2.97. The maximum atomic E-state index is 8.70. The molecule has 1 N–H and O–H groups in total. The van der Waals surface area contributed by atoms with Crippen LogP contribution in [0.3, 0.4) is 0 Å². The van der Waals surface area contributed by atoms with E-state index in [2.05, 4.69) is 13.2 Å². The van der Waals surface area contributed by atoms with Crippen LogP contribution in [0.1, 0.15) is 0 Å². The Morgan fingerprint density at radius 1 is 1.89 bits per heavy atom. The lowest BCUT2D eigenvalue weighted by Gasteiger charge is -2.08. The van der Waals surface area contributed by atoms with E-state index in [1.165, 1.54) is 0 Å². The summed E-state index contributed by atoms with van der Waals surface area (Å²) in [5, 5.41) is 8.70. The van der Waals surface area contributed by atoms with Crippen LogP contribution in [0.4, 0.5) is 0 Å². The molecule has 0 amide bonds. The van der Waals surface area contributed by atoms with Gasteiger partial charge in [0.25, 0.3) is 0 Å². The highest BCUT2D eigenvalue weighted by Gasteiger charge is 2.27. The van der Waals surface area contributed by atoms with Crippen LogP contribution in [0.25, 0.3) is 0 Å². The Kier molecular flexibility index (Phi) is 1.58. The fraction of sp³-hybridized carbons (Fsp3) is 0.429. The molecule has 1 aliphatic heterocycles. The van der Waals surface area contributed by atoms with Crippen molar-refractivity contribution in [2.24, 2.45) is 0 Å². The molecule has 1 fully saturated rings. The molecule has 2 nitrogen and oxygen atoms in total. The van der Waals surface area contributed by atoms with Crippen molar-refractivity contribution in [2.45, 2.75) is 6.04 Å². The summed E-state index contributed by atoms with van der Waals surface area (Å²) in [4.78, 5) is 2.01. The molecule has 1 atom stereocenters. The van der Waals surface area contributed by atoms with Crippen LogP contribution in [0.2, 0.25) is 0 Å². The zero-order valence-electron chi connectivity index (χ0n) is 5.38. The maximum absolute atomic E-state index is 8.70. The molecule has 1 rings (SSSR count). The van der Waals surface area contributed by atoms with Crippen molar-refractivity contribution in [1.82, 2.24) is 4.90 Å². The third-order valence-corrected chi connectivity index (χ3v) is 1.52. The van der Waals surface area contributed by atoms with E-state index in [0.29, 0.717) is 0 Å². The average Bonchev–Trinajstić information content (AvgIpc) is 2.51. The molecule has 0 saturated carbocycles. The molecule has 0 aromatic rings. The maximum Gasteiger partial charge on any atom is 0.0703 e. The van der Waals surface area contributed by atoms with Crippen molar-refractivity contribution < 1.29 is 5.11 Å². The van der Waals surface area contributed by atoms with Gasteiger partial charge in [0.15, 0.2) is 0 Å². The Bertz CT molecular complexity index is 142. The van der Waals surface area contributed by atoms with Crippen LogP contribution < -0.4 is 0 Å². The van der Waals surface area contributed by atoms with Gasteiger partial charge in [0.1, 0.15) is 0 Å². The minimum atomic E-state index is 0.0949. The predicted octanol–water partition coefficient (Wildman–Crippen LogP) is 0.363. The molecule has 9 heavy (non-hydrogen) atoms. The van der Waals surface area contributed by atoms with Crippen molar-refractivity contribution >= 4 is 0 Å². The molecule has 1 heterocycles. The predicted molar refractivity (Wildman–Crippen MR) is 36.9 cm³/mol. The Morgan fingerprint density at radius 2 is 2.44 bits per heavy atom. The van der Waals surface area contributed by atoms with E-state index < -0.39 is 0 Å². The van der Waals surface area contributed by atoms with Crippen LogP contribution in [-0.2, 0) is 0 Å². The summed E-state index contributed by atoms with van der Waals surface area (Å²) in [5.41, 5.74) is 1.09. The van der Waals surface area contributed by atoms with E-state index in [9.17, 15) is 0 Å². The second-order valence-electron chi connectivity index (χ2n) is 2.18. The lowest BCUT2D eigenvalue weighted by molar-refractivity contribution is 0.239. The van der Waals surface area contributed by atoms with Gasteiger partial charge in [-0.3, -0.25) is 0 Å². The molecule has 1 aliphatic rings. The number of aliphatic hydroxyl groups excluding tert-OH is 1. The van der Waals surface area contributed by atoms with E-state index >= 15 is 0 Å². The minimum absolute atomic E-state index is 0.0949. The summed E-state index contributed by atoms with van der Waals surface area (Å²) < 4.78 is 0. The van der Waals surface area contributed by atoms with E-state index in [0.717, 1.165) is 12.2 Å². The van der Waals surface area contributed by atoms with Gasteiger partial charge in [0.05, 0.1) is 19.2 Å². The highest BCUT2D eigenvalue weighted by atomic mass is 16.3. The summed E-state index contributed by atoms with van der Waals surface area (Å²) in [5.74, 6) is 0. The van der Waals surface area contributed by atoms with Crippen molar-refractivity contribution in [3.63, 3.8) is 0 Å². The molecule has 0 aromatic carbocycles. The largest absolute Gasteiger partial charge is 0.394 e.